The van der Waals surface area contributed by atoms with Gasteiger partial charge < -0.3 is 9.73 Å². The molecule has 3 aromatic rings. The summed E-state index contributed by atoms with van der Waals surface area (Å²) in [5.41, 5.74) is 1.23. The fourth-order valence-electron chi connectivity index (χ4n) is 2.60. The molecular formula is C20H18Cl2N2O4S. The Bertz CT molecular complexity index is 1100. The number of amides is 1. The second-order valence-electron chi connectivity index (χ2n) is 6.34. The van der Waals surface area contributed by atoms with Gasteiger partial charge in [-0.2, -0.15) is 4.31 Å². The van der Waals surface area contributed by atoms with E-state index in [1.54, 1.807) is 36.4 Å². The lowest BCUT2D eigenvalue weighted by molar-refractivity contribution is -0.116. The summed E-state index contributed by atoms with van der Waals surface area (Å²) < 4.78 is 32.6. The van der Waals surface area contributed by atoms with Crippen molar-refractivity contribution >= 4 is 44.8 Å². The lowest BCUT2D eigenvalue weighted by atomic mass is 10.2. The van der Waals surface area contributed by atoms with Gasteiger partial charge in [0.15, 0.2) is 0 Å². The van der Waals surface area contributed by atoms with Crippen molar-refractivity contribution < 1.29 is 17.6 Å². The van der Waals surface area contributed by atoms with Gasteiger partial charge in [-0.25, -0.2) is 8.42 Å². The summed E-state index contributed by atoms with van der Waals surface area (Å²) >= 11 is 12.0. The Hall–Kier alpha value is -2.32. The predicted molar refractivity (Wildman–Crippen MR) is 113 cm³/mol. The molecule has 1 heterocycles. The maximum atomic E-state index is 13.1. The first-order valence-electron chi connectivity index (χ1n) is 8.60. The SMILES string of the molecule is Cc1ccc(S(=O)(=O)N(CC(=O)Nc2cc(Cl)ccc2Cl)Cc2ccco2)cc1. The molecule has 0 saturated heterocycles. The molecule has 0 unspecified atom stereocenters. The molecule has 152 valence electrons. The van der Waals surface area contributed by atoms with E-state index in [1.165, 1.54) is 24.5 Å². The van der Waals surface area contributed by atoms with E-state index in [1.807, 2.05) is 6.92 Å². The van der Waals surface area contributed by atoms with Crippen LogP contribution in [0.5, 0.6) is 0 Å². The van der Waals surface area contributed by atoms with Crippen molar-refractivity contribution in [1.29, 1.82) is 0 Å². The third-order valence-electron chi connectivity index (χ3n) is 4.09. The van der Waals surface area contributed by atoms with Gasteiger partial charge in [0.25, 0.3) is 0 Å². The number of anilines is 1. The zero-order valence-electron chi connectivity index (χ0n) is 15.4. The van der Waals surface area contributed by atoms with Crippen molar-refractivity contribution in [1.82, 2.24) is 4.31 Å². The van der Waals surface area contributed by atoms with Crippen LogP contribution in [0, 0.1) is 6.92 Å². The molecule has 0 atom stereocenters. The molecule has 0 aliphatic heterocycles. The number of carbonyl (C=O) groups is 1. The van der Waals surface area contributed by atoms with Crippen molar-refractivity contribution in [3.05, 3.63) is 82.2 Å². The molecule has 2 aromatic carbocycles. The summed E-state index contributed by atoms with van der Waals surface area (Å²) in [6.45, 7) is 1.33. The molecular weight excluding hydrogens is 435 g/mol. The van der Waals surface area contributed by atoms with Crippen LogP contribution in [0.1, 0.15) is 11.3 Å². The Morgan fingerprint density at radius 2 is 1.83 bits per heavy atom. The highest BCUT2D eigenvalue weighted by Gasteiger charge is 2.28. The lowest BCUT2D eigenvalue weighted by Crippen LogP contribution is -2.37. The third-order valence-corrected chi connectivity index (χ3v) is 6.46. The average Bonchev–Trinajstić information content (AvgIpc) is 3.18. The number of hydrogen-bond donors (Lipinski definition) is 1. The number of aryl methyl sites for hydroxylation is 1. The van der Waals surface area contributed by atoms with Crippen LogP contribution in [0.3, 0.4) is 0 Å². The second kappa shape index (κ2) is 9.00. The fraction of sp³-hybridized carbons (Fsp3) is 0.150. The van der Waals surface area contributed by atoms with Gasteiger partial charge in [0.05, 0.1) is 35.0 Å². The third kappa shape index (κ3) is 5.39. The number of nitrogens with one attached hydrogen (secondary N) is 1. The van der Waals surface area contributed by atoms with Crippen LogP contribution in [-0.2, 0) is 21.4 Å². The minimum atomic E-state index is -3.95. The van der Waals surface area contributed by atoms with Gasteiger partial charge in [0.2, 0.25) is 15.9 Å². The quantitative estimate of drug-likeness (QED) is 0.561. The van der Waals surface area contributed by atoms with Gasteiger partial charge in [-0.05, 0) is 49.4 Å². The molecule has 6 nitrogen and oxygen atoms in total. The molecule has 0 saturated carbocycles. The molecule has 29 heavy (non-hydrogen) atoms. The molecule has 0 aliphatic rings. The van der Waals surface area contributed by atoms with Crippen molar-refractivity contribution in [3.8, 4) is 0 Å². The van der Waals surface area contributed by atoms with Gasteiger partial charge in [0.1, 0.15) is 5.76 Å². The Morgan fingerprint density at radius 3 is 2.48 bits per heavy atom. The standard InChI is InChI=1S/C20H18Cl2N2O4S/c1-14-4-7-17(8-5-14)29(26,27)24(12-16-3-2-10-28-16)13-20(25)23-19-11-15(21)6-9-18(19)22/h2-11H,12-13H2,1H3,(H,23,25). The van der Waals surface area contributed by atoms with E-state index in [9.17, 15) is 13.2 Å². The summed E-state index contributed by atoms with van der Waals surface area (Å²) in [4.78, 5) is 12.7. The molecule has 1 N–H and O–H groups in total. The van der Waals surface area contributed by atoms with E-state index in [0.717, 1.165) is 9.87 Å². The molecule has 1 aromatic heterocycles. The molecule has 0 spiro atoms. The molecule has 0 fully saturated rings. The van der Waals surface area contributed by atoms with Crippen LogP contribution >= 0.6 is 23.2 Å². The summed E-state index contributed by atoms with van der Waals surface area (Å²) in [5, 5.41) is 3.29. The number of rotatable bonds is 7. The van der Waals surface area contributed by atoms with Crippen molar-refractivity contribution in [3.63, 3.8) is 0 Å². The zero-order valence-corrected chi connectivity index (χ0v) is 17.8. The summed E-state index contributed by atoms with van der Waals surface area (Å²) in [6, 6.07) is 14.3. The monoisotopic (exact) mass is 452 g/mol. The Balaban J connectivity index is 1.86. The van der Waals surface area contributed by atoms with Crippen molar-refractivity contribution in [2.75, 3.05) is 11.9 Å². The summed E-state index contributed by atoms with van der Waals surface area (Å²) in [5.74, 6) is -0.148. The number of sulfonamides is 1. The number of nitrogens with zero attached hydrogens (tertiary/aromatic N) is 1. The Labute approximate surface area is 179 Å². The lowest BCUT2D eigenvalue weighted by Gasteiger charge is -2.21. The van der Waals surface area contributed by atoms with Crippen LogP contribution in [0.15, 0.2) is 70.2 Å². The Morgan fingerprint density at radius 1 is 1.10 bits per heavy atom. The first-order chi connectivity index (χ1) is 13.8. The topological polar surface area (TPSA) is 79.6 Å². The number of halogens is 2. The highest BCUT2D eigenvalue weighted by atomic mass is 35.5. The number of carbonyl (C=O) groups excluding carboxylic acids is 1. The van der Waals surface area contributed by atoms with E-state index < -0.39 is 22.5 Å². The van der Waals surface area contributed by atoms with Crippen LogP contribution in [0.4, 0.5) is 5.69 Å². The molecule has 1 amide bonds. The minimum absolute atomic E-state index is 0.0863. The molecule has 3 rings (SSSR count). The van der Waals surface area contributed by atoms with Crippen molar-refractivity contribution in [2.24, 2.45) is 0 Å². The highest BCUT2D eigenvalue weighted by Crippen LogP contribution is 2.26. The summed E-state index contributed by atoms with van der Waals surface area (Å²) in [6.07, 6.45) is 1.44. The van der Waals surface area contributed by atoms with Crippen LogP contribution in [-0.4, -0.2) is 25.2 Å². The van der Waals surface area contributed by atoms with Gasteiger partial charge in [-0.15, -0.1) is 0 Å². The van der Waals surface area contributed by atoms with Crippen LogP contribution < -0.4 is 5.32 Å². The predicted octanol–water partition coefficient (Wildman–Crippen LogP) is 4.72. The van der Waals surface area contributed by atoms with Crippen LogP contribution in [0.2, 0.25) is 10.0 Å². The smallest absolute Gasteiger partial charge is 0.243 e. The zero-order chi connectivity index (χ0) is 21.0. The molecule has 0 bridgehead atoms. The first kappa shape index (κ1) is 21.4. The van der Waals surface area contributed by atoms with Crippen LogP contribution in [0.25, 0.3) is 0 Å². The average molecular weight is 453 g/mol. The van der Waals surface area contributed by atoms with E-state index >= 15 is 0 Å². The minimum Gasteiger partial charge on any atom is -0.468 e. The number of benzene rings is 2. The van der Waals surface area contributed by atoms with E-state index in [-0.39, 0.29) is 11.4 Å². The molecule has 0 aliphatic carbocycles. The van der Waals surface area contributed by atoms with Gasteiger partial charge >= 0.3 is 0 Å². The number of hydrogen-bond acceptors (Lipinski definition) is 4. The highest BCUT2D eigenvalue weighted by molar-refractivity contribution is 7.89. The summed E-state index contributed by atoms with van der Waals surface area (Å²) in [7, 11) is -3.95. The normalized spacial score (nSPS) is 11.6. The van der Waals surface area contributed by atoms with Gasteiger partial charge in [-0.3, -0.25) is 4.79 Å². The second-order valence-corrected chi connectivity index (χ2v) is 9.12. The number of furan rings is 1. The largest absolute Gasteiger partial charge is 0.468 e. The van der Waals surface area contributed by atoms with Crippen molar-refractivity contribution in [2.45, 2.75) is 18.4 Å². The Kier molecular flexibility index (Phi) is 6.64. The van der Waals surface area contributed by atoms with E-state index in [2.05, 4.69) is 5.32 Å². The fourth-order valence-corrected chi connectivity index (χ4v) is 4.30. The first-order valence-corrected chi connectivity index (χ1v) is 10.8. The molecule has 0 radical (unpaired) electrons. The van der Waals surface area contributed by atoms with E-state index in [4.69, 9.17) is 27.6 Å². The van der Waals surface area contributed by atoms with E-state index in [0.29, 0.717) is 21.5 Å². The van der Waals surface area contributed by atoms with Gasteiger partial charge in [-0.1, -0.05) is 40.9 Å². The maximum absolute atomic E-state index is 13.1. The van der Waals surface area contributed by atoms with Gasteiger partial charge in [0, 0.05) is 5.02 Å². The molecule has 9 heteroatoms. The maximum Gasteiger partial charge on any atom is 0.243 e.